The van der Waals surface area contributed by atoms with Crippen molar-refractivity contribution in [2.75, 3.05) is 29.9 Å². The van der Waals surface area contributed by atoms with Gasteiger partial charge in [0.1, 0.15) is 0 Å². The van der Waals surface area contributed by atoms with Crippen molar-refractivity contribution < 1.29 is 0 Å². The molecule has 5 heteroatoms. The molecule has 0 aromatic carbocycles. The van der Waals surface area contributed by atoms with Crippen molar-refractivity contribution in [3.05, 3.63) is 24.2 Å². The summed E-state index contributed by atoms with van der Waals surface area (Å²) in [4.78, 5) is 12.6. The van der Waals surface area contributed by atoms with Crippen molar-refractivity contribution >= 4 is 11.6 Å². The number of nitrogens with one attached hydrogen (secondary N) is 2. The minimum atomic E-state index is 0.416. The smallest absolute Gasteiger partial charge is 0.172 e. The van der Waals surface area contributed by atoms with E-state index in [-0.39, 0.29) is 0 Å². The van der Waals surface area contributed by atoms with Crippen LogP contribution in [0.5, 0.6) is 0 Å². The van der Waals surface area contributed by atoms with Crippen LogP contribution < -0.4 is 15.5 Å². The van der Waals surface area contributed by atoms with Crippen LogP contribution in [0, 0.1) is 5.92 Å². The molecule has 1 fully saturated rings. The SMILES string of the molecule is C=CNCCc1nc(N2CCC(C)CC2)c(NC(C)CCCC)nc1CC. The molecule has 1 aromatic rings. The zero-order valence-corrected chi connectivity index (χ0v) is 17.9. The highest BCUT2D eigenvalue weighted by Gasteiger charge is 2.23. The van der Waals surface area contributed by atoms with Crippen LogP contribution in [0.3, 0.4) is 0 Å². The van der Waals surface area contributed by atoms with Crippen LogP contribution in [0.25, 0.3) is 0 Å². The van der Waals surface area contributed by atoms with Crippen LogP contribution in [-0.2, 0) is 12.8 Å². The molecule has 2 N–H and O–H groups in total. The van der Waals surface area contributed by atoms with E-state index in [2.05, 4.69) is 49.8 Å². The molecule has 1 aliphatic rings. The zero-order valence-electron chi connectivity index (χ0n) is 17.9. The maximum Gasteiger partial charge on any atom is 0.172 e. The zero-order chi connectivity index (χ0) is 19.6. The van der Waals surface area contributed by atoms with Crippen molar-refractivity contribution in [1.82, 2.24) is 15.3 Å². The second-order valence-electron chi connectivity index (χ2n) is 7.91. The topological polar surface area (TPSA) is 53.1 Å². The Morgan fingerprint density at radius 2 is 1.96 bits per heavy atom. The van der Waals surface area contributed by atoms with Gasteiger partial charge in [-0.25, -0.2) is 9.97 Å². The van der Waals surface area contributed by atoms with E-state index in [0.717, 1.165) is 61.4 Å². The van der Waals surface area contributed by atoms with Crippen LogP contribution >= 0.6 is 0 Å². The van der Waals surface area contributed by atoms with Crippen LogP contribution in [0.2, 0.25) is 0 Å². The van der Waals surface area contributed by atoms with Gasteiger partial charge >= 0.3 is 0 Å². The largest absolute Gasteiger partial charge is 0.391 e. The summed E-state index contributed by atoms with van der Waals surface area (Å²) in [5.74, 6) is 2.83. The Labute approximate surface area is 166 Å². The minimum Gasteiger partial charge on any atom is -0.391 e. The van der Waals surface area contributed by atoms with E-state index < -0.39 is 0 Å². The summed E-state index contributed by atoms with van der Waals surface area (Å²) >= 11 is 0. The third-order valence-electron chi connectivity index (χ3n) is 5.47. The number of anilines is 2. The first-order chi connectivity index (χ1) is 13.1. The summed E-state index contributed by atoms with van der Waals surface area (Å²) in [5.41, 5.74) is 2.23. The normalized spacial score (nSPS) is 16.2. The maximum absolute atomic E-state index is 5.12. The van der Waals surface area contributed by atoms with E-state index in [9.17, 15) is 0 Å². The molecule has 0 saturated carbocycles. The van der Waals surface area contributed by atoms with E-state index in [1.807, 2.05) is 0 Å². The summed E-state index contributed by atoms with van der Waals surface area (Å²) in [6.07, 6.45) is 9.63. The lowest BCUT2D eigenvalue weighted by molar-refractivity contribution is 0.436. The highest BCUT2D eigenvalue weighted by atomic mass is 15.2. The van der Waals surface area contributed by atoms with Gasteiger partial charge < -0.3 is 15.5 Å². The fourth-order valence-corrected chi connectivity index (χ4v) is 3.62. The van der Waals surface area contributed by atoms with Gasteiger partial charge in [-0.2, -0.15) is 0 Å². The van der Waals surface area contributed by atoms with E-state index in [1.165, 1.54) is 32.1 Å². The Morgan fingerprint density at radius 3 is 2.59 bits per heavy atom. The van der Waals surface area contributed by atoms with Crippen LogP contribution in [0.1, 0.15) is 71.2 Å². The number of aromatic nitrogens is 2. The van der Waals surface area contributed by atoms with Crippen molar-refractivity contribution in [3.63, 3.8) is 0 Å². The third-order valence-corrected chi connectivity index (χ3v) is 5.47. The average Bonchev–Trinajstić information content (AvgIpc) is 2.68. The number of unbranched alkanes of at least 4 members (excludes halogenated alkanes) is 1. The third kappa shape index (κ3) is 6.40. The first kappa shape index (κ1) is 21.5. The summed E-state index contributed by atoms with van der Waals surface area (Å²) in [6, 6.07) is 0.416. The molecule has 1 saturated heterocycles. The summed E-state index contributed by atoms with van der Waals surface area (Å²) < 4.78 is 0. The average molecular weight is 374 g/mol. The Balaban J connectivity index is 2.28. The van der Waals surface area contributed by atoms with Crippen molar-refractivity contribution in [2.45, 2.75) is 78.7 Å². The predicted molar refractivity (Wildman–Crippen MR) is 117 cm³/mol. The van der Waals surface area contributed by atoms with Gasteiger partial charge in [-0.3, -0.25) is 0 Å². The molecule has 1 unspecified atom stereocenters. The lowest BCUT2D eigenvalue weighted by atomic mass is 9.99. The molecule has 27 heavy (non-hydrogen) atoms. The number of nitrogens with zero attached hydrogens (tertiary/aromatic N) is 3. The maximum atomic E-state index is 5.12. The molecule has 2 heterocycles. The molecular weight excluding hydrogens is 334 g/mol. The lowest BCUT2D eigenvalue weighted by Crippen LogP contribution is -2.35. The molecule has 0 spiro atoms. The lowest BCUT2D eigenvalue weighted by Gasteiger charge is -2.33. The van der Waals surface area contributed by atoms with Gasteiger partial charge in [0.15, 0.2) is 11.6 Å². The quantitative estimate of drug-likeness (QED) is 0.558. The highest BCUT2D eigenvalue weighted by Crippen LogP contribution is 2.29. The number of piperidine rings is 1. The Hall–Kier alpha value is -1.78. The van der Waals surface area contributed by atoms with Crippen molar-refractivity contribution in [3.8, 4) is 0 Å². The first-order valence-electron chi connectivity index (χ1n) is 10.8. The Kier molecular flexibility index (Phi) is 8.89. The van der Waals surface area contributed by atoms with E-state index in [4.69, 9.17) is 9.97 Å². The van der Waals surface area contributed by atoms with Crippen LogP contribution in [0.4, 0.5) is 11.6 Å². The molecule has 1 aliphatic heterocycles. The second kappa shape index (κ2) is 11.2. The number of hydrogen-bond acceptors (Lipinski definition) is 5. The van der Waals surface area contributed by atoms with Gasteiger partial charge in [0.2, 0.25) is 0 Å². The van der Waals surface area contributed by atoms with Gasteiger partial charge in [-0.1, -0.05) is 40.2 Å². The minimum absolute atomic E-state index is 0.416. The van der Waals surface area contributed by atoms with Gasteiger partial charge in [0.05, 0.1) is 11.4 Å². The fraction of sp³-hybridized carbons (Fsp3) is 0.727. The molecule has 5 nitrogen and oxygen atoms in total. The number of aryl methyl sites for hydroxylation is 1. The van der Waals surface area contributed by atoms with Gasteiger partial charge in [-0.05, 0) is 44.7 Å². The molecule has 1 aromatic heterocycles. The first-order valence-corrected chi connectivity index (χ1v) is 10.8. The standard InChI is InChI=1S/C22H39N5/c1-6-9-10-18(5)24-21-22(27-15-12-17(4)13-16-27)26-20(11-14-23-8-3)19(7-2)25-21/h8,17-18,23H,3,6-7,9-16H2,1-2,4-5H3,(H,24,25). The van der Waals surface area contributed by atoms with E-state index in [1.54, 1.807) is 6.20 Å². The van der Waals surface area contributed by atoms with Crippen molar-refractivity contribution in [2.24, 2.45) is 5.92 Å². The summed E-state index contributed by atoms with van der Waals surface area (Å²) in [6.45, 7) is 15.8. The number of rotatable bonds is 11. The molecule has 0 bridgehead atoms. The number of hydrogen-bond donors (Lipinski definition) is 2. The molecule has 1 atom stereocenters. The highest BCUT2D eigenvalue weighted by molar-refractivity contribution is 5.62. The summed E-state index contributed by atoms with van der Waals surface area (Å²) in [5, 5.41) is 6.87. The molecule has 0 amide bonds. The Bertz CT molecular complexity index is 578. The summed E-state index contributed by atoms with van der Waals surface area (Å²) in [7, 11) is 0. The van der Waals surface area contributed by atoms with Gasteiger partial charge in [-0.15, -0.1) is 0 Å². The molecule has 2 rings (SSSR count). The van der Waals surface area contributed by atoms with Gasteiger partial charge in [0, 0.05) is 32.1 Å². The predicted octanol–water partition coefficient (Wildman–Crippen LogP) is 4.54. The fourth-order valence-electron chi connectivity index (χ4n) is 3.62. The Morgan fingerprint density at radius 1 is 1.22 bits per heavy atom. The van der Waals surface area contributed by atoms with Crippen molar-refractivity contribution in [1.29, 1.82) is 0 Å². The molecule has 152 valence electrons. The second-order valence-corrected chi connectivity index (χ2v) is 7.91. The van der Waals surface area contributed by atoms with Crippen LogP contribution in [-0.4, -0.2) is 35.6 Å². The monoisotopic (exact) mass is 373 g/mol. The van der Waals surface area contributed by atoms with Crippen LogP contribution in [0.15, 0.2) is 12.8 Å². The van der Waals surface area contributed by atoms with Gasteiger partial charge in [0.25, 0.3) is 0 Å². The molecule has 0 radical (unpaired) electrons. The molecular formula is C22H39N5. The molecule has 0 aliphatic carbocycles. The van der Waals surface area contributed by atoms with E-state index >= 15 is 0 Å². The van der Waals surface area contributed by atoms with E-state index in [0.29, 0.717) is 6.04 Å².